The van der Waals surface area contributed by atoms with Gasteiger partial charge in [-0.15, -0.1) is 0 Å². The Bertz CT molecular complexity index is 934. The first-order valence-electron chi connectivity index (χ1n) is 9.13. The topological polar surface area (TPSA) is 90.0 Å². The van der Waals surface area contributed by atoms with Crippen molar-refractivity contribution in [2.75, 3.05) is 6.61 Å². The zero-order valence-electron chi connectivity index (χ0n) is 14.6. The van der Waals surface area contributed by atoms with Crippen molar-refractivity contribution in [3.05, 3.63) is 47.2 Å². The van der Waals surface area contributed by atoms with Crippen molar-refractivity contribution in [1.82, 2.24) is 4.98 Å². The van der Waals surface area contributed by atoms with E-state index in [1.165, 1.54) is 0 Å². The van der Waals surface area contributed by atoms with Gasteiger partial charge in [0.1, 0.15) is 24.0 Å². The van der Waals surface area contributed by atoms with Crippen molar-refractivity contribution in [1.29, 1.82) is 0 Å². The molecule has 2 aromatic rings. The average molecular weight is 386 g/mol. The Labute approximate surface area is 162 Å². The van der Waals surface area contributed by atoms with Crippen molar-refractivity contribution in [3.63, 3.8) is 0 Å². The number of hydrogen-bond donors (Lipinski definition) is 2. The summed E-state index contributed by atoms with van der Waals surface area (Å²) < 4.78 is 11.9. The van der Waals surface area contributed by atoms with Crippen LogP contribution in [0.2, 0.25) is 5.02 Å². The number of fused-ring (bicyclic) bond motifs is 4. The van der Waals surface area contributed by atoms with Gasteiger partial charge in [-0.05, 0) is 43.0 Å². The van der Waals surface area contributed by atoms with E-state index in [9.17, 15) is 5.11 Å². The van der Waals surface area contributed by atoms with Crippen molar-refractivity contribution >= 4 is 17.6 Å². The highest BCUT2D eigenvalue weighted by atomic mass is 35.5. The van der Waals surface area contributed by atoms with E-state index < -0.39 is 5.54 Å². The van der Waals surface area contributed by atoms with Crippen LogP contribution in [0.1, 0.15) is 24.8 Å². The summed E-state index contributed by atoms with van der Waals surface area (Å²) in [6.07, 6.45) is 5.18. The average Bonchev–Trinajstić information content (AvgIpc) is 3.05. The largest absolute Gasteiger partial charge is 0.490 e. The molecule has 3 heterocycles. The Kier molecular flexibility index (Phi) is 3.81. The second-order valence-electron chi connectivity index (χ2n) is 7.50. The Morgan fingerprint density at radius 1 is 1.19 bits per heavy atom. The quantitative estimate of drug-likeness (QED) is 0.787. The third-order valence-electron chi connectivity index (χ3n) is 5.88. The van der Waals surface area contributed by atoms with Crippen molar-refractivity contribution in [2.45, 2.75) is 37.0 Å². The molecule has 6 nitrogen and oxygen atoms in total. The maximum atomic E-state index is 10.3. The third-order valence-corrected chi connectivity index (χ3v) is 6.09. The zero-order valence-corrected chi connectivity index (χ0v) is 15.4. The standard InChI is InChI=1S/C20H20ClN3O3/c21-13-5-12(8-23-9-13)11-1-3-17-15(6-11)20(10-26-19(22)24-20)16-7-14(25)2-4-18(16)27-17/h1,3,5-6,8-9,14,16,18,25H,2,4,7,10H2,(H2,22,24)/t14-,16-,18-,20+/m0/s1. The van der Waals surface area contributed by atoms with Crippen molar-refractivity contribution in [3.8, 4) is 16.9 Å². The first-order valence-corrected chi connectivity index (χ1v) is 9.51. The fourth-order valence-electron chi connectivity index (χ4n) is 4.62. The van der Waals surface area contributed by atoms with Crippen molar-refractivity contribution in [2.24, 2.45) is 16.6 Å². The van der Waals surface area contributed by atoms with Crippen LogP contribution in [0.25, 0.3) is 11.1 Å². The molecule has 140 valence electrons. The number of ether oxygens (including phenoxy) is 2. The van der Waals surface area contributed by atoms with E-state index in [1.807, 2.05) is 18.2 Å². The molecule has 0 saturated heterocycles. The molecule has 4 atom stereocenters. The summed E-state index contributed by atoms with van der Waals surface area (Å²) >= 11 is 6.11. The Balaban J connectivity index is 1.66. The number of aliphatic hydroxyl groups excluding tert-OH is 1. The van der Waals surface area contributed by atoms with Gasteiger partial charge in [-0.25, -0.2) is 4.99 Å². The maximum Gasteiger partial charge on any atom is 0.283 e. The van der Waals surface area contributed by atoms with Crippen LogP contribution in [0.3, 0.4) is 0 Å². The molecule has 3 N–H and O–H groups in total. The fraction of sp³-hybridized carbons (Fsp3) is 0.400. The molecule has 0 unspecified atom stereocenters. The number of pyridine rings is 1. The van der Waals surface area contributed by atoms with Gasteiger partial charge < -0.3 is 20.3 Å². The number of halogens is 1. The number of nitrogens with two attached hydrogens (primary N) is 1. The molecule has 1 aromatic carbocycles. The molecule has 1 aliphatic carbocycles. The maximum absolute atomic E-state index is 10.3. The lowest BCUT2D eigenvalue weighted by molar-refractivity contribution is -0.0359. The van der Waals surface area contributed by atoms with Crippen LogP contribution in [0.5, 0.6) is 5.75 Å². The highest BCUT2D eigenvalue weighted by Gasteiger charge is 2.55. The van der Waals surface area contributed by atoms with Gasteiger partial charge in [-0.3, -0.25) is 4.98 Å². The van der Waals surface area contributed by atoms with E-state index >= 15 is 0 Å². The number of aromatic nitrogens is 1. The molecule has 1 fully saturated rings. The number of aliphatic imine (C=N–C) groups is 1. The van der Waals surface area contributed by atoms with E-state index in [0.29, 0.717) is 18.1 Å². The SMILES string of the molecule is NC1=N[C@]2(CO1)c1cc(-c3cncc(Cl)c3)ccc1O[C@H]1CC[C@H](O)C[C@@H]12. The van der Waals surface area contributed by atoms with Crippen LogP contribution in [0, 0.1) is 5.92 Å². The molecule has 1 aromatic heterocycles. The van der Waals surface area contributed by atoms with Crippen LogP contribution < -0.4 is 10.5 Å². The molecule has 5 rings (SSSR count). The van der Waals surface area contributed by atoms with E-state index in [4.69, 9.17) is 31.8 Å². The van der Waals surface area contributed by atoms with Gasteiger partial charge in [0, 0.05) is 29.4 Å². The summed E-state index contributed by atoms with van der Waals surface area (Å²) in [4.78, 5) is 8.91. The summed E-state index contributed by atoms with van der Waals surface area (Å²) in [5.74, 6) is 0.816. The van der Waals surface area contributed by atoms with Crippen LogP contribution in [-0.4, -0.2) is 34.9 Å². The van der Waals surface area contributed by atoms with Gasteiger partial charge in [-0.2, -0.15) is 0 Å². The predicted molar refractivity (Wildman–Crippen MR) is 102 cm³/mol. The lowest BCUT2D eigenvalue weighted by atomic mass is 9.67. The van der Waals surface area contributed by atoms with Crippen LogP contribution in [0.4, 0.5) is 0 Å². The molecule has 7 heteroatoms. The third kappa shape index (κ3) is 2.66. The van der Waals surface area contributed by atoms with E-state index in [1.54, 1.807) is 12.4 Å². The Hall–Kier alpha value is -2.31. The summed E-state index contributed by atoms with van der Waals surface area (Å²) in [7, 11) is 0. The molecular formula is C20H20ClN3O3. The highest BCUT2D eigenvalue weighted by molar-refractivity contribution is 6.30. The smallest absolute Gasteiger partial charge is 0.283 e. The molecule has 2 aliphatic heterocycles. The van der Waals surface area contributed by atoms with E-state index in [2.05, 4.69) is 11.1 Å². The minimum absolute atomic E-state index is 0.00200. The summed E-state index contributed by atoms with van der Waals surface area (Å²) in [5, 5.41) is 10.9. The fourth-order valence-corrected chi connectivity index (χ4v) is 4.79. The molecule has 3 aliphatic rings. The van der Waals surface area contributed by atoms with Gasteiger partial charge in [0.25, 0.3) is 6.02 Å². The van der Waals surface area contributed by atoms with Crippen LogP contribution in [-0.2, 0) is 10.3 Å². The molecule has 1 spiro atoms. The van der Waals surface area contributed by atoms with Gasteiger partial charge in [0.15, 0.2) is 0 Å². The van der Waals surface area contributed by atoms with E-state index in [-0.39, 0.29) is 24.1 Å². The summed E-state index contributed by atoms with van der Waals surface area (Å²) in [6.45, 7) is 0.361. The first kappa shape index (κ1) is 16.8. The minimum Gasteiger partial charge on any atom is -0.490 e. The molecule has 0 bridgehead atoms. The van der Waals surface area contributed by atoms with Gasteiger partial charge in [-0.1, -0.05) is 17.7 Å². The second kappa shape index (κ2) is 6.11. The minimum atomic E-state index is -0.633. The predicted octanol–water partition coefficient (Wildman–Crippen LogP) is 2.86. The van der Waals surface area contributed by atoms with Gasteiger partial charge >= 0.3 is 0 Å². The monoisotopic (exact) mass is 385 g/mol. The summed E-state index contributed by atoms with van der Waals surface area (Å²) in [6, 6.07) is 8.10. The highest BCUT2D eigenvalue weighted by Crippen LogP contribution is 2.53. The number of benzene rings is 1. The van der Waals surface area contributed by atoms with E-state index in [0.717, 1.165) is 35.3 Å². The van der Waals surface area contributed by atoms with Gasteiger partial charge in [0.05, 0.1) is 11.1 Å². The molecular weight excluding hydrogens is 366 g/mol. The normalized spacial score (nSPS) is 31.5. The number of hydrogen-bond acceptors (Lipinski definition) is 6. The summed E-state index contributed by atoms with van der Waals surface area (Å²) in [5.41, 5.74) is 8.12. The number of rotatable bonds is 1. The lowest BCUT2D eigenvalue weighted by Crippen LogP contribution is -2.51. The molecule has 27 heavy (non-hydrogen) atoms. The molecule has 0 amide bonds. The van der Waals surface area contributed by atoms with Gasteiger partial charge in [0.2, 0.25) is 0 Å². The first-order chi connectivity index (χ1) is 13.0. The Morgan fingerprint density at radius 3 is 2.85 bits per heavy atom. The van der Waals surface area contributed by atoms with Crippen molar-refractivity contribution < 1.29 is 14.6 Å². The number of aliphatic hydroxyl groups is 1. The Morgan fingerprint density at radius 2 is 2.07 bits per heavy atom. The van der Waals surface area contributed by atoms with Crippen LogP contribution >= 0.6 is 11.6 Å². The number of nitrogens with zero attached hydrogens (tertiary/aromatic N) is 2. The second-order valence-corrected chi connectivity index (χ2v) is 7.93. The number of amidine groups is 1. The lowest BCUT2D eigenvalue weighted by Gasteiger charge is -2.47. The molecule has 1 saturated carbocycles. The molecule has 0 radical (unpaired) electrons. The van der Waals surface area contributed by atoms with Crippen LogP contribution in [0.15, 0.2) is 41.7 Å². The zero-order chi connectivity index (χ0) is 18.6.